The minimum absolute atomic E-state index is 0.00257. The average molecular weight is 460 g/mol. The predicted octanol–water partition coefficient (Wildman–Crippen LogP) is 1.84. The Morgan fingerprint density at radius 3 is 2.50 bits per heavy atom. The van der Waals surface area contributed by atoms with Crippen molar-refractivity contribution in [3.05, 3.63) is 35.0 Å². The number of hydrogen-bond acceptors (Lipinski definition) is 6. The van der Waals surface area contributed by atoms with E-state index in [-0.39, 0.29) is 29.1 Å². The van der Waals surface area contributed by atoms with Crippen LogP contribution in [0.25, 0.3) is 0 Å². The smallest absolute Gasteiger partial charge is 0.255 e. The van der Waals surface area contributed by atoms with E-state index in [1.165, 1.54) is 0 Å². The number of nitrogens with two attached hydrogens (primary N) is 1. The van der Waals surface area contributed by atoms with E-state index in [9.17, 15) is 9.59 Å². The second-order valence-electron chi connectivity index (χ2n) is 7.20. The van der Waals surface area contributed by atoms with Crippen LogP contribution in [0.4, 0.5) is 5.82 Å². The average Bonchev–Trinajstić information content (AvgIpc) is 3.42. The van der Waals surface area contributed by atoms with E-state index in [0.717, 1.165) is 0 Å². The molecule has 1 aromatic heterocycles. The zero-order valence-corrected chi connectivity index (χ0v) is 19.0. The molecule has 10 heteroatoms. The fraction of sp³-hybridized carbons (Fsp3) is 0.409. The number of alkyl halides is 1. The number of ether oxygens (including phenoxy) is 2. The Hall–Kier alpha value is -3.38. The normalized spacial score (nSPS) is 15.1. The first kappa shape index (κ1) is 23.3. The van der Waals surface area contributed by atoms with Crippen molar-refractivity contribution in [2.45, 2.75) is 18.9 Å². The number of methoxy groups -OCH3 is 2. The van der Waals surface area contributed by atoms with Crippen LogP contribution in [-0.2, 0) is 4.79 Å². The third-order valence-corrected chi connectivity index (χ3v) is 5.43. The summed E-state index contributed by atoms with van der Waals surface area (Å²) in [5.74, 6) is 7.27. The number of primary amides is 1. The van der Waals surface area contributed by atoms with Crippen molar-refractivity contribution in [1.29, 1.82) is 0 Å². The highest BCUT2D eigenvalue weighted by molar-refractivity contribution is 6.18. The molecule has 2 amide bonds. The number of carbonyl (C=O) groups is 2. The van der Waals surface area contributed by atoms with Crippen LogP contribution < -0.4 is 20.5 Å². The monoisotopic (exact) mass is 459 g/mol. The van der Waals surface area contributed by atoms with E-state index < -0.39 is 5.91 Å². The van der Waals surface area contributed by atoms with Crippen LogP contribution in [0.2, 0.25) is 0 Å². The third-order valence-electron chi connectivity index (χ3n) is 5.24. The third kappa shape index (κ3) is 4.92. The molecule has 170 valence electrons. The molecule has 0 radical (unpaired) electrons. The molecule has 1 saturated heterocycles. The van der Waals surface area contributed by atoms with Gasteiger partial charge in [0.2, 0.25) is 5.91 Å². The maximum Gasteiger partial charge on any atom is 0.255 e. The largest absolute Gasteiger partial charge is 0.497 e. The Morgan fingerprint density at radius 2 is 1.94 bits per heavy atom. The molecule has 1 unspecified atom stereocenters. The fourth-order valence-corrected chi connectivity index (χ4v) is 3.84. The lowest BCUT2D eigenvalue weighted by molar-refractivity contribution is -0.129. The van der Waals surface area contributed by atoms with Gasteiger partial charge >= 0.3 is 0 Å². The second kappa shape index (κ2) is 10.3. The number of carbonyl (C=O) groups excluding carboxylic acids is 2. The number of aromatic nitrogens is 2. The van der Waals surface area contributed by atoms with Crippen LogP contribution in [0.3, 0.4) is 0 Å². The molecule has 1 fully saturated rings. The highest BCUT2D eigenvalue weighted by Gasteiger charge is 2.31. The van der Waals surface area contributed by atoms with Crippen LogP contribution >= 0.6 is 11.6 Å². The summed E-state index contributed by atoms with van der Waals surface area (Å²) in [5.41, 5.74) is 6.76. The first-order chi connectivity index (χ1) is 15.4. The molecular formula is C22H26ClN5O4. The lowest BCUT2D eigenvalue weighted by atomic mass is 10.1. The van der Waals surface area contributed by atoms with E-state index in [4.69, 9.17) is 26.8 Å². The molecule has 9 nitrogen and oxygen atoms in total. The predicted molar refractivity (Wildman–Crippen MR) is 121 cm³/mol. The Kier molecular flexibility index (Phi) is 7.49. The fourth-order valence-electron chi connectivity index (χ4n) is 3.68. The van der Waals surface area contributed by atoms with Gasteiger partial charge in [0.15, 0.2) is 5.69 Å². The SMILES string of the molecule is CNc1c(C(N)=O)c(C#Cc2cc(OC)cc(OC)c2)nn1C1CCN(C(=O)CCCl)C1. The number of amides is 2. The summed E-state index contributed by atoms with van der Waals surface area (Å²) in [4.78, 5) is 26.2. The summed E-state index contributed by atoms with van der Waals surface area (Å²) >= 11 is 5.70. The number of halogens is 1. The van der Waals surface area contributed by atoms with E-state index in [2.05, 4.69) is 22.3 Å². The van der Waals surface area contributed by atoms with Gasteiger partial charge in [-0.1, -0.05) is 5.92 Å². The lowest BCUT2D eigenvalue weighted by Gasteiger charge is -2.17. The molecule has 0 spiro atoms. The van der Waals surface area contributed by atoms with Crippen molar-refractivity contribution in [3.63, 3.8) is 0 Å². The number of nitrogens with zero attached hydrogens (tertiary/aromatic N) is 3. The van der Waals surface area contributed by atoms with Crippen LogP contribution in [0.15, 0.2) is 18.2 Å². The van der Waals surface area contributed by atoms with Gasteiger partial charge in [-0.2, -0.15) is 5.10 Å². The molecule has 1 aliphatic rings. The summed E-state index contributed by atoms with van der Waals surface area (Å²) in [5, 5.41) is 7.59. The Bertz CT molecular complexity index is 1050. The first-order valence-electron chi connectivity index (χ1n) is 10.1. The van der Waals surface area contributed by atoms with Gasteiger partial charge in [-0.25, -0.2) is 4.68 Å². The summed E-state index contributed by atoms with van der Waals surface area (Å²) in [6.45, 7) is 1.07. The molecule has 3 N–H and O–H groups in total. The molecule has 2 heterocycles. The number of hydrogen-bond donors (Lipinski definition) is 2. The summed E-state index contributed by atoms with van der Waals surface area (Å²) in [6, 6.07) is 5.15. The number of nitrogens with one attached hydrogen (secondary N) is 1. The van der Waals surface area contributed by atoms with Crippen molar-refractivity contribution in [2.75, 3.05) is 45.6 Å². The standard InChI is InChI=1S/C22H26ClN5O4/c1-25-22-20(21(24)30)18(5-4-14-10-16(31-2)12-17(11-14)32-3)26-28(22)15-7-9-27(13-15)19(29)6-8-23/h10-12,15,25H,6-9,13H2,1-3H3,(H2,24,30). The van der Waals surface area contributed by atoms with Crippen LogP contribution in [0, 0.1) is 11.8 Å². The molecule has 1 atom stereocenters. The number of likely N-dealkylation sites (tertiary alicyclic amines) is 1. The minimum Gasteiger partial charge on any atom is -0.497 e. The quantitative estimate of drug-likeness (QED) is 0.482. The molecule has 3 rings (SSSR count). The molecular weight excluding hydrogens is 434 g/mol. The summed E-state index contributed by atoms with van der Waals surface area (Å²) in [7, 11) is 4.80. The van der Waals surface area contributed by atoms with Gasteiger partial charge in [0, 0.05) is 44.1 Å². The lowest BCUT2D eigenvalue weighted by Crippen LogP contribution is -2.29. The second-order valence-corrected chi connectivity index (χ2v) is 7.58. The van der Waals surface area contributed by atoms with Crippen LogP contribution in [0.1, 0.15) is 40.5 Å². The molecule has 0 saturated carbocycles. The maximum absolute atomic E-state index is 12.2. The zero-order valence-electron chi connectivity index (χ0n) is 18.3. The van der Waals surface area contributed by atoms with E-state index >= 15 is 0 Å². The van der Waals surface area contributed by atoms with Gasteiger partial charge in [0.25, 0.3) is 5.91 Å². The van der Waals surface area contributed by atoms with Gasteiger partial charge in [0.1, 0.15) is 22.9 Å². The molecule has 0 aliphatic carbocycles. The van der Waals surface area contributed by atoms with Crippen molar-refractivity contribution in [1.82, 2.24) is 14.7 Å². The van der Waals surface area contributed by atoms with Crippen molar-refractivity contribution in [2.24, 2.45) is 5.73 Å². The van der Waals surface area contributed by atoms with Crippen molar-refractivity contribution in [3.8, 4) is 23.3 Å². The number of rotatable bonds is 7. The van der Waals surface area contributed by atoms with Gasteiger partial charge in [-0.3, -0.25) is 9.59 Å². The van der Waals surface area contributed by atoms with Gasteiger partial charge < -0.3 is 25.4 Å². The van der Waals surface area contributed by atoms with Crippen LogP contribution in [-0.4, -0.2) is 66.7 Å². The molecule has 1 aromatic carbocycles. The Morgan fingerprint density at radius 1 is 1.25 bits per heavy atom. The summed E-state index contributed by atoms with van der Waals surface area (Å²) < 4.78 is 12.2. The number of benzene rings is 1. The van der Waals surface area contributed by atoms with Crippen molar-refractivity contribution >= 4 is 29.2 Å². The zero-order chi connectivity index (χ0) is 23.3. The summed E-state index contributed by atoms with van der Waals surface area (Å²) in [6.07, 6.45) is 0.988. The van der Waals surface area contributed by atoms with Crippen LogP contribution in [0.5, 0.6) is 11.5 Å². The highest BCUT2D eigenvalue weighted by Crippen LogP contribution is 2.29. The topological polar surface area (TPSA) is 112 Å². The van der Waals surface area contributed by atoms with Gasteiger partial charge in [-0.05, 0) is 24.5 Å². The minimum atomic E-state index is -0.638. The van der Waals surface area contributed by atoms with Gasteiger partial charge in [-0.15, -0.1) is 11.6 Å². The molecule has 32 heavy (non-hydrogen) atoms. The first-order valence-corrected chi connectivity index (χ1v) is 10.6. The Balaban J connectivity index is 1.97. The van der Waals surface area contributed by atoms with E-state index in [1.54, 1.807) is 49.0 Å². The van der Waals surface area contributed by atoms with E-state index in [1.807, 2.05) is 0 Å². The van der Waals surface area contributed by atoms with Crippen molar-refractivity contribution < 1.29 is 19.1 Å². The number of anilines is 1. The van der Waals surface area contributed by atoms with Gasteiger partial charge in [0.05, 0.1) is 20.3 Å². The maximum atomic E-state index is 12.2. The molecule has 2 aromatic rings. The highest BCUT2D eigenvalue weighted by atomic mass is 35.5. The Labute approximate surface area is 191 Å². The molecule has 0 bridgehead atoms. The molecule has 1 aliphatic heterocycles. The van der Waals surface area contributed by atoms with E-state index in [0.29, 0.717) is 48.8 Å².